The van der Waals surface area contributed by atoms with Crippen molar-refractivity contribution in [2.24, 2.45) is 0 Å². The molecule has 2 aliphatic rings. The van der Waals surface area contributed by atoms with E-state index in [1.807, 2.05) is 11.9 Å². The molecule has 11 nitrogen and oxygen atoms in total. The first-order chi connectivity index (χ1) is 13.3. The molecule has 4 rings (SSSR count). The summed E-state index contributed by atoms with van der Waals surface area (Å²) < 4.78 is 6.29. The van der Waals surface area contributed by atoms with Gasteiger partial charge in [-0.3, -0.25) is 14.9 Å². The van der Waals surface area contributed by atoms with E-state index >= 15 is 0 Å². The van der Waals surface area contributed by atoms with E-state index in [1.54, 1.807) is 4.57 Å². The molecule has 0 unspecified atom stereocenters. The highest BCUT2D eigenvalue weighted by atomic mass is 16.7. The maximum absolute atomic E-state index is 12.7. The number of piperazine rings is 1. The number of carbonyl (C=O) groups is 1. The number of anilines is 1. The van der Waals surface area contributed by atoms with Crippen molar-refractivity contribution in [3.05, 3.63) is 32.6 Å². The molecule has 1 N–H and O–H groups in total. The van der Waals surface area contributed by atoms with Gasteiger partial charge >= 0.3 is 11.8 Å². The summed E-state index contributed by atoms with van der Waals surface area (Å²) in [5.41, 5.74) is -0.691. The Hall–Kier alpha value is -3.21. The number of hydrogen-bond donors (Lipinski definition) is 1. The van der Waals surface area contributed by atoms with Crippen LogP contribution in [0.1, 0.15) is 18.9 Å². The Morgan fingerprint density at radius 3 is 2.57 bits per heavy atom. The number of nitro groups is 1. The van der Waals surface area contributed by atoms with Crippen LogP contribution in [-0.4, -0.2) is 63.9 Å². The van der Waals surface area contributed by atoms with Gasteiger partial charge in [0.1, 0.15) is 5.65 Å². The van der Waals surface area contributed by atoms with Gasteiger partial charge in [-0.05, 0) is 19.9 Å². The summed E-state index contributed by atoms with van der Waals surface area (Å²) in [6, 6.07) is 1.25. The van der Waals surface area contributed by atoms with Gasteiger partial charge in [0.25, 0.3) is 0 Å². The fourth-order valence-electron chi connectivity index (χ4n) is 3.41. The van der Waals surface area contributed by atoms with Crippen LogP contribution in [0.4, 0.5) is 16.3 Å². The molecule has 2 fully saturated rings. The summed E-state index contributed by atoms with van der Waals surface area (Å²) in [7, 11) is 1.98. The van der Waals surface area contributed by atoms with Crippen LogP contribution in [0.25, 0.3) is 11.0 Å². The van der Waals surface area contributed by atoms with Gasteiger partial charge < -0.3 is 24.2 Å². The number of rotatable bonds is 4. The van der Waals surface area contributed by atoms with Gasteiger partial charge in [-0.15, -0.1) is 0 Å². The summed E-state index contributed by atoms with van der Waals surface area (Å²) in [5.74, 6) is -0.151. The number of pyridine rings is 2. The van der Waals surface area contributed by atoms with Gasteiger partial charge in [-0.1, -0.05) is 0 Å². The molecule has 1 aliphatic carbocycles. The molecule has 2 aromatic rings. The SMILES string of the molecule is CN1CCN(c2nc3c(cc2[N+](=O)[O-])c(=O)c(OC(=O)O)cn3C2CC2)CC1. The average molecular weight is 389 g/mol. The summed E-state index contributed by atoms with van der Waals surface area (Å²) in [4.78, 5) is 43.2. The Morgan fingerprint density at radius 1 is 1.32 bits per heavy atom. The zero-order valence-corrected chi connectivity index (χ0v) is 15.2. The van der Waals surface area contributed by atoms with Crippen LogP contribution < -0.4 is 15.1 Å². The minimum atomic E-state index is -1.62. The van der Waals surface area contributed by atoms with E-state index in [2.05, 4.69) is 14.6 Å². The van der Waals surface area contributed by atoms with Crippen LogP contribution >= 0.6 is 0 Å². The third kappa shape index (κ3) is 3.24. The molecule has 1 aliphatic heterocycles. The maximum Gasteiger partial charge on any atom is 0.511 e. The van der Waals surface area contributed by atoms with Gasteiger partial charge in [-0.25, -0.2) is 9.78 Å². The minimum absolute atomic E-state index is 0.0183. The second-order valence-corrected chi connectivity index (χ2v) is 7.08. The lowest BCUT2D eigenvalue weighted by atomic mass is 10.2. The van der Waals surface area contributed by atoms with Gasteiger partial charge in [0.2, 0.25) is 11.2 Å². The van der Waals surface area contributed by atoms with Gasteiger partial charge in [0, 0.05) is 38.3 Å². The monoisotopic (exact) mass is 389 g/mol. The number of carboxylic acid groups (broad SMARTS) is 1. The van der Waals surface area contributed by atoms with Gasteiger partial charge in [-0.2, -0.15) is 0 Å². The van der Waals surface area contributed by atoms with Crippen LogP contribution in [0, 0.1) is 10.1 Å². The van der Waals surface area contributed by atoms with E-state index in [0.717, 1.165) is 25.9 Å². The first-order valence-electron chi connectivity index (χ1n) is 8.93. The zero-order valence-electron chi connectivity index (χ0n) is 15.2. The first-order valence-corrected chi connectivity index (χ1v) is 8.93. The second kappa shape index (κ2) is 6.75. The topological polar surface area (TPSA) is 131 Å². The molecule has 0 radical (unpaired) electrons. The lowest BCUT2D eigenvalue weighted by Gasteiger charge is -2.33. The molecule has 28 heavy (non-hydrogen) atoms. The highest BCUT2D eigenvalue weighted by Crippen LogP contribution is 2.39. The second-order valence-electron chi connectivity index (χ2n) is 7.08. The predicted molar refractivity (Wildman–Crippen MR) is 99.3 cm³/mol. The number of hydrogen-bond acceptors (Lipinski definition) is 8. The molecule has 11 heteroatoms. The maximum atomic E-state index is 12.7. The summed E-state index contributed by atoms with van der Waals surface area (Å²) >= 11 is 0. The molecule has 0 atom stereocenters. The molecule has 1 saturated heterocycles. The smallest absolute Gasteiger partial charge is 0.449 e. The molecule has 0 amide bonds. The van der Waals surface area contributed by atoms with E-state index < -0.39 is 16.5 Å². The Morgan fingerprint density at radius 2 is 2.00 bits per heavy atom. The molecule has 0 bridgehead atoms. The van der Waals surface area contributed by atoms with Crippen molar-refractivity contribution >= 4 is 28.7 Å². The van der Waals surface area contributed by atoms with Crippen molar-refractivity contribution < 1.29 is 19.6 Å². The van der Waals surface area contributed by atoms with Crippen LogP contribution in [0.15, 0.2) is 17.1 Å². The molecule has 2 aromatic heterocycles. The molecule has 3 heterocycles. The number of aromatic nitrogens is 2. The van der Waals surface area contributed by atoms with E-state index in [0.29, 0.717) is 18.7 Å². The number of nitrogens with zero attached hydrogens (tertiary/aromatic N) is 5. The Kier molecular flexibility index (Phi) is 4.38. The lowest BCUT2D eigenvalue weighted by Crippen LogP contribution is -2.45. The molecule has 148 valence electrons. The zero-order chi connectivity index (χ0) is 20.0. The quantitative estimate of drug-likeness (QED) is 0.469. The minimum Gasteiger partial charge on any atom is -0.449 e. The van der Waals surface area contributed by atoms with Crippen molar-refractivity contribution in [3.63, 3.8) is 0 Å². The van der Waals surface area contributed by atoms with Crippen LogP contribution in [0.2, 0.25) is 0 Å². The van der Waals surface area contributed by atoms with Crippen molar-refractivity contribution in [2.45, 2.75) is 18.9 Å². The van der Waals surface area contributed by atoms with Crippen LogP contribution in [0.5, 0.6) is 5.75 Å². The Labute approximate surface area is 158 Å². The Balaban J connectivity index is 1.93. The molecule has 0 spiro atoms. The lowest BCUT2D eigenvalue weighted by molar-refractivity contribution is -0.384. The Bertz CT molecular complexity index is 1020. The third-order valence-electron chi connectivity index (χ3n) is 5.07. The fraction of sp³-hybridized carbons (Fsp3) is 0.471. The molecular weight excluding hydrogens is 370 g/mol. The predicted octanol–water partition coefficient (Wildman–Crippen LogP) is 1.45. The van der Waals surface area contributed by atoms with E-state index in [-0.39, 0.29) is 28.7 Å². The van der Waals surface area contributed by atoms with Gasteiger partial charge in [0.05, 0.1) is 16.5 Å². The largest absolute Gasteiger partial charge is 0.511 e. The highest BCUT2D eigenvalue weighted by molar-refractivity contribution is 5.84. The van der Waals surface area contributed by atoms with Crippen molar-refractivity contribution in [3.8, 4) is 5.75 Å². The van der Waals surface area contributed by atoms with Crippen LogP contribution in [-0.2, 0) is 0 Å². The van der Waals surface area contributed by atoms with E-state index in [1.165, 1.54) is 12.3 Å². The average Bonchev–Trinajstić information content (AvgIpc) is 3.48. The number of ether oxygens (including phenoxy) is 1. The van der Waals surface area contributed by atoms with Crippen LogP contribution in [0.3, 0.4) is 0 Å². The van der Waals surface area contributed by atoms with Crippen molar-refractivity contribution in [1.82, 2.24) is 14.5 Å². The fourth-order valence-corrected chi connectivity index (χ4v) is 3.41. The van der Waals surface area contributed by atoms with E-state index in [9.17, 15) is 19.7 Å². The molecule has 0 aromatic carbocycles. The normalized spacial score (nSPS) is 17.7. The highest BCUT2D eigenvalue weighted by Gasteiger charge is 2.31. The summed E-state index contributed by atoms with van der Waals surface area (Å²) in [6.45, 7) is 2.67. The van der Waals surface area contributed by atoms with E-state index in [4.69, 9.17) is 5.11 Å². The third-order valence-corrected chi connectivity index (χ3v) is 5.07. The summed E-state index contributed by atoms with van der Waals surface area (Å²) in [6.07, 6.45) is 1.43. The molecule has 1 saturated carbocycles. The standard InChI is InChI=1S/C17H19N5O6/c1-19-4-6-20(7-5-19)16-12(22(26)27)8-11-14(23)13(28-17(24)25)9-21(10-2-3-10)15(11)18-16/h8-10H,2-7H2,1H3,(H,24,25). The number of likely N-dealkylation sites (N-methyl/N-ethyl adjacent to an activating group) is 1. The van der Waals surface area contributed by atoms with Crippen molar-refractivity contribution in [2.75, 3.05) is 38.1 Å². The van der Waals surface area contributed by atoms with Gasteiger partial charge in [0.15, 0.2) is 5.75 Å². The summed E-state index contributed by atoms with van der Waals surface area (Å²) in [5, 5.41) is 20.5. The number of fused-ring (bicyclic) bond motifs is 1. The molecular formula is C17H19N5O6. The van der Waals surface area contributed by atoms with Crippen molar-refractivity contribution in [1.29, 1.82) is 0 Å². The first kappa shape index (κ1) is 18.2.